The van der Waals surface area contributed by atoms with Crippen LogP contribution in [0.4, 0.5) is 0 Å². The van der Waals surface area contributed by atoms with Crippen LogP contribution in [-0.4, -0.2) is 22.5 Å². The van der Waals surface area contributed by atoms with Crippen LogP contribution in [0.15, 0.2) is 5.16 Å². The van der Waals surface area contributed by atoms with Gasteiger partial charge in [0, 0.05) is 5.92 Å². The van der Waals surface area contributed by atoms with E-state index in [1.807, 2.05) is 0 Å². The van der Waals surface area contributed by atoms with Crippen molar-refractivity contribution in [3.63, 3.8) is 0 Å². The Kier molecular flexibility index (Phi) is 7.54. The number of carbonyl (C=O) groups excluding carboxylic acids is 1. The van der Waals surface area contributed by atoms with Gasteiger partial charge in [-0.1, -0.05) is 57.5 Å². The minimum Gasteiger partial charge on any atom is -0.409 e. The van der Waals surface area contributed by atoms with Crippen LogP contribution in [0, 0.1) is 5.92 Å². The van der Waals surface area contributed by atoms with E-state index in [1.165, 1.54) is 0 Å². The summed E-state index contributed by atoms with van der Waals surface area (Å²) in [6.07, 6.45) is 9.60. The van der Waals surface area contributed by atoms with Crippen LogP contribution in [-0.2, 0) is 4.79 Å². The predicted molar refractivity (Wildman–Crippen MR) is 85.3 cm³/mol. The molecule has 0 saturated heterocycles. The van der Waals surface area contributed by atoms with E-state index in [4.69, 9.17) is 10.9 Å². The maximum atomic E-state index is 12.6. The number of hydrogen-bond donors (Lipinski definition) is 3. The minimum absolute atomic E-state index is 0.0339. The van der Waals surface area contributed by atoms with Crippen molar-refractivity contribution in [2.45, 2.75) is 83.6 Å². The van der Waals surface area contributed by atoms with Crippen LogP contribution in [0.25, 0.3) is 0 Å². The summed E-state index contributed by atoms with van der Waals surface area (Å²) in [4.78, 5) is 12.6. The van der Waals surface area contributed by atoms with Gasteiger partial charge < -0.3 is 16.3 Å². The van der Waals surface area contributed by atoms with E-state index in [0.29, 0.717) is 0 Å². The number of nitrogens with one attached hydrogen (secondary N) is 1. The van der Waals surface area contributed by atoms with Gasteiger partial charge in [0.15, 0.2) is 5.84 Å². The molecule has 0 unspecified atom stereocenters. The number of nitrogens with two attached hydrogens (primary N) is 1. The van der Waals surface area contributed by atoms with Crippen LogP contribution in [0.3, 0.4) is 0 Å². The molecule has 0 aromatic carbocycles. The molecule has 0 heterocycles. The largest absolute Gasteiger partial charge is 0.409 e. The quantitative estimate of drug-likeness (QED) is 0.222. The number of amides is 1. The van der Waals surface area contributed by atoms with Crippen LogP contribution >= 0.6 is 0 Å². The molecule has 0 radical (unpaired) electrons. The van der Waals surface area contributed by atoms with Crippen LogP contribution in [0.1, 0.15) is 78.1 Å². The van der Waals surface area contributed by atoms with Crippen LogP contribution in [0.5, 0.6) is 0 Å². The van der Waals surface area contributed by atoms with E-state index in [-0.39, 0.29) is 17.7 Å². The molecular weight excluding hydrogens is 266 g/mol. The predicted octanol–water partition coefficient (Wildman–Crippen LogP) is 3.16. The van der Waals surface area contributed by atoms with Gasteiger partial charge in [0.05, 0.1) is 0 Å². The third-order valence-electron chi connectivity index (χ3n) is 4.56. The maximum absolute atomic E-state index is 12.6. The molecule has 1 saturated carbocycles. The lowest BCUT2D eigenvalue weighted by Crippen LogP contribution is -2.58. The molecular formula is C16H31N3O2. The summed E-state index contributed by atoms with van der Waals surface area (Å²) in [6.45, 7) is 4.20. The standard InChI is InChI=1S/C16H31N3O2/c1-3-9-13(10-4-2)14(20)18-16(15(17)19-21)11-7-5-6-8-12-16/h13,21H,3-12H2,1-2H3,(H2,17,19)(H,18,20). The maximum Gasteiger partial charge on any atom is 0.223 e. The molecule has 1 aliphatic rings. The fraction of sp³-hybridized carbons (Fsp3) is 0.875. The third kappa shape index (κ3) is 4.90. The fourth-order valence-corrected chi connectivity index (χ4v) is 3.31. The molecule has 1 fully saturated rings. The molecule has 0 bridgehead atoms. The first-order chi connectivity index (χ1) is 10.1. The Labute approximate surface area is 128 Å². The van der Waals surface area contributed by atoms with Crippen molar-refractivity contribution >= 4 is 11.7 Å². The molecule has 1 rings (SSSR count). The van der Waals surface area contributed by atoms with E-state index < -0.39 is 5.54 Å². The molecule has 0 atom stereocenters. The Morgan fingerprint density at radius 2 is 1.71 bits per heavy atom. The highest BCUT2D eigenvalue weighted by atomic mass is 16.4. The zero-order valence-electron chi connectivity index (χ0n) is 13.5. The van der Waals surface area contributed by atoms with Gasteiger partial charge in [0.1, 0.15) is 5.54 Å². The Bertz CT molecular complexity index is 341. The van der Waals surface area contributed by atoms with Crippen LogP contribution in [0.2, 0.25) is 0 Å². The van der Waals surface area contributed by atoms with E-state index in [0.717, 1.165) is 64.2 Å². The lowest BCUT2D eigenvalue weighted by molar-refractivity contribution is -0.126. The molecule has 21 heavy (non-hydrogen) atoms. The zero-order chi connectivity index (χ0) is 15.7. The molecule has 1 amide bonds. The molecule has 0 aliphatic heterocycles. The number of amidine groups is 1. The average Bonchev–Trinajstić information content (AvgIpc) is 2.72. The van der Waals surface area contributed by atoms with Crippen LogP contribution < -0.4 is 11.1 Å². The molecule has 0 spiro atoms. The van der Waals surface area contributed by atoms with E-state index in [2.05, 4.69) is 24.3 Å². The third-order valence-corrected chi connectivity index (χ3v) is 4.56. The molecule has 1 aliphatic carbocycles. The summed E-state index contributed by atoms with van der Waals surface area (Å²) in [5.74, 6) is 0.253. The second kappa shape index (κ2) is 8.90. The SMILES string of the molecule is CCCC(CCC)C(=O)NC1(C(N)=NO)CCCCCC1. The first kappa shape index (κ1) is 17.8. The smallest absolute Gasteiger partial charge is 0.223 e. The fourth-order valence-electron chi connectivity index (χ4n) is 3.31. The van der Waals surface area contributed by atoms with Gasteiger partial charge in [-0.25, -0.2) is 0 Å². The number of rotatable bonds is 7. The van der Waals surface area contributed by atoms with Gasteiger partial charge in [0.25, 0.3) is 0 Å². The molecule has 0 aromatic rings. The molecule has 0 aromatic heterocycles. The topological polar surface area (TPSA) is 87.7 Å². The van der Waals surface area contributed by atoms with Gasteiger partial charge in [-0.2, -0.15) is 0 Å². The highest BCUT2D eigenvalue weighted by Crippen LogP contribution is 2.28. The molecule has 122 valence electrons. The van der Waals surface area contributed by atoms with Crippen molar-refractivity contribution in [1.82, 2.24) is 5.32 Å². The van der Waals surface area contributed by atoms with Crippen molar-refractivity contribution in [2.24, 2.45) is 16.8 Å². The monoisotopic (exact) mass is 297 g/mol. The Balaban J connectivity index is 2.86. The Morgan fingerprint density at radius 1 is 1.19 bits per heavy atom. The average molecular weight is 297 g/mol. The van der Waals surface area contributed by atoms with Crippen molar-refractivity contribution in [3.8, 4) is 0 Å². The summed E-state index contributed by atoms with van der Waals surface area (Å²) >= 11 is 0. The number of hydrogen-bond acceptors (Lipinski definition) is 3. The van der Waals surface area contributed by atoms with Gasteiger partial charge >= 0.3 is 0 Å². The van der Waals surface area contributed by atoms with Gasteiger partial charge in [-0.15, -0.1) is 0 Å². The van der Waals surface area contributed by atoms with Crippen molar-refractivity contribution in [3.05, 3.63) is 0 Å². The summed E-state index contributed by atoms with van der Waals surface area (Å²) < 4.78 is 0. The Morgan fingerprint density at radius 3 is 2.14 bits per heavy atom. The van der Waals surface area contributed by atoms with Gasteiger partial charge in [0.2, 0.25) is 5.91 Å². The van der Waals surface area contributed by atoms with E-state index in [1.54, 1.807) is 0 Å². The highest BCUT2D eigenvalue weighted by Gasteiger charge is 2.38. The van der Waals surface area contributed by atoms with E-state index >= 15 is 0 Å². The molecule has 5 heteroatoms. The summed E-state index contributed by atoms with van der Waals surface area (Å²) in [5, 5.41) is 15.5. The minimum atomic E-state index is -0.651. The molecule has 5 nitrogen and oxygen atoms in total. The van der Waals surface area contributed by atoms with Crippen molar-refractivity contribution in [1.29, 1.82) is 0 Å². The lowest BCUT2D eigenvalue weighted by Gasteiger charge is -2.34. The lowest BCUT2D eigenvalue weighted by atomic mass is 9.87. The second-order valence-corrected chi connectivity index (χ2v) is 6.25. The van der Waals surface area contributed by atoms with Gasteiger partial charge in [-0.3, -0.25) is 4.79 Å². The van der Waals surface area contributed by atoms with Gasteiger partial charge in [-0.05, 0) is 25.7 Å². The summed E-state index contributed by atoms with van der Waals surface area (Å²) in [6, 6.07) is 0. The summed E-state index contributed by atoms with van der Waals surface area (Å²) in [7, 11) is 0. The van der Waals surface area contributed by atoms with Crippen molar-refractivity contribution < 1.29 is 10.0 Å². The van der Waals surface area contributed by atoms with E-state index in [9.17, 15) is 4.79 Å². The molecule has 4 N–H and O–H groups in total. The Hall–Kier alpha value is -1.26. The summed E-state index contributed by atoms with van der Waals surface area (Å²) in [5.41, 5.74) is 5.28. The number of oxime groups is 1. The first-order valence-electron chi connectivity index (χ1n) is 8.39. The number of nitrogens with zero attached hydrogens (tertiary/aromatic N) is 1. The first-order valence-corrected chi connectivity index (χ1v) is 8.39. The normalized spacial score (nSPS) is 19.3. The highest BCUT2D eigenvalue weighted by molar-refractivity contribution is 5.94. The number of carbonyl (C=O) groups is 1. The zero-order valence-corrected chi connectivity index (χ0v) is 13.5. The van der Waals surface area contributed by atoms with Crippen molar-refractivity contribution in [2.75, 3.05) is 0 Å². The second-order valence-electron chi connectivity index (χ2n) is 6.25.